The molecule has 2 fully saturated rings. The third-order valence-electron chi connectivity index (χ3n) is 4.96. The summed E-state index contributed by atoms with van der Waals surface area (Å²) in [6.45, 7) is 6.19. The van der Waals surface area contributed by atoms with Crippen LogP contribution in [0.1, 0.15) is 38.4 Å². The maximum Gasteiger partial charge on any atom is 2.00 e. The van der Waals surface area contributed by atoms with Crippen molar-refractivity contribution in [3.63, 3.8) is 0 Å². The quantitative estimate of drug-likeness (QED) is 0.253. The molecule has 0 unspecified atom stereocenters. The summed E-state index contributed by atoms with van der Waals surface area (Å²) < 4.78 is 18.4. The van der Waals surface area contributed by atoms with E-state index >= 15 is 0 Å². The molecule has 2 saturated carbocycles. The van der Waals surface area contributed by atoms with E-state index in [0.29, 0.717) is 30.2 Å². The molecule has 0 bridgehead atoms. The Morgan fingerprint density at radius 3 is 2.18 bits per heavy atom. The van der Waals surface area contributed by atoms with Crippen LogP contribution in [0.4, 0.5) is 0 Å². The smallest absolute Gasteiger partial charge is 0.493 e. The van der Waals surface area contributed by atoms with Gasteiger partial charge in [0.05, 0.1) is 18.9 Å². The number of hydrogen-bond acceptors (Lipinski definition) is 7. The summed E-state index contributed by atoms with van der Waals surface area (Å²) in [5.74, 6) is 1.74. The molecule has 0 aliphatic heterocycles. The molecular weight excluding hydrogens is 526 g/mol. The second-order valence-corrected chi connectivity index (χ2v) is 9.46. The van der Waals surface area contributed by atoms with Crippen LogP contribution in [0.5, 0.6) is 11.5 Å². The molecule has 1 N–H and O–H groups in total. The Morgan fingerprint density at radius 1 is 0.947 bits per heavy atom. The molecule has 8 nitrogen and oxygen atoms in total. The second-order valence-electron chi connectivity index (χ2n) is 9.46. The summed E-state index contributed by atoms with van der Waals surface area (Å²) in [5, 5.41) is 17.9. The van der Waals surface area contributed by atoms with Gasteiger partial charge in [0.1, 0.15) is 17.1 Å². The summed E-state index contributed by atoms with van der Waals surface area (Å²) >= 11 is 0. The first kappa shape index (κ1) is 32.1. The molecule has 1 aromatic heterocycles. The first-order valence-electron chi connectivity index (χ1n) is 12.3. The normalized spacial score (nSPS) is 15.4. The van der Waals surface area contributed by atoms with Crippen LogP contribution < -0.4 is 9.47 Å². The first-order valence-corrected chi connectivity index (χ1v) is 12.3. The van der Waals surface area contributed by atoms with Crippen LogP contribution >= 0.6 is 0 Å². The van der Waals surface area contributed by atoms with Gasteiger partial charge in [0, 0.05) is 24.7 Å². The van der Waals surface area contributed by atoms with Crippen molar-refractivity contribution in [1.29, 1.82) is 0 Å². The second kappa shape index (κ2) is 16.8. The Labute approximate surface area is 238 Å². The van der Waals surface area contributed by atoms with Crippen molar-refractivity contribution in [3.8, 4) is 11.5 Å². The Hall–Kier alpha value is -2.09. The maximum absolute atomic E-state index is 11.9. The minimum Gasteiger partial charge on any atom is -0.493 e. The van der Waals surface area contributed by atoms with Crippen LogP contribution in [0.2, 0.25) is 0 Å². The zero-order chi connectivity index (χ0) is 26.5. The number of aryl methyl sites for hydroxylation is 1. The topological polar surface area (TPSA) is 95.7 Å². The van der Waals surface area contributed by atoms with E-state index in [-0.39, 0.29) is 30.3 Å². The van der Waals surface area contributed by atoms with E-state index in [1.54, 1.807) is 39.0 Å². The molecule has 10 radical (unpaired) electrons. The summed E-state index contributed by atoms with van der Waals surface area (Å²) in [4.78, 5) is 11.9. The molecule has 0 atom stereocenters. The third kappa shape index (κ3) is 12.6. The van der Waals surface area contributed by atoms with Crippen LogP contribution in [0.15, 0.2) is 24.4 Å². The van der Waals surface area contributed by atoms with Gasteiger partial charge in [0.25, 0.3) is 0 Å². The zero-order valence-electron chi connectivity index (χ0n) is 22.0. The molecule has 202 valence electrons. The van der Waals surface area contributed by atoms with Gasteiger partial charge in [-0.1, -0.05) is 5.21 Å². The van der Waals surface area contributed by atoms with Crippen molar-refractivity contribution in [1.82, 2.24) is 15.0 Å². The maximum atomic E-state index is 11.9. The van der Waals surface area contributed by atoms with Crippen LogP contribution in [0.3, 0.4) is 0 Å². The fraction of sp³-hybridized carbons (Fsp3) is 0.345. The molecule has 2 aromatic rings. The number of hydrogen-bond donors (Lipinski definition) is 1. The van der Waals surface area contributed by atoms with Crippen molar-refractivity contribution in [2.45, 2.75) is 52.4 Å². The minimum atomic E-state index is -0.573. The van der Waals surface area contributed by atoms with E-state index in [1.807, 2.05) is 55.8 Å². The minimum absolute atomic E-state index is 0. The third-order valence-corrected chi connectivity index (χ3v) is 4.96. The van der Waals surface area contributed by atoms with Gasteiger partial charge in [0.2, 0.25) is 0 Å². The van der Waals surface area contributed by atoms with Crippen molar-refractivity contribution < 1.29 is 41.2 Å². The van der Waals surface area contributed by atoms with Gasteiger partial charge < -0.3 is 19.3 Å². The Balaban J connectivity index is 0.000000756. The number of ether oxygens (including phenoxy) is 3. The molecule has 38 heavy (non-hydrogen) atoms. The molecule has 2 aliphatic carbocycles. The van der Waals surface area contributed by atoms with Crippen LogP contribution in [0.25, 0.3) is 0 Å². The van der Waals surface area contributed by atoms with Gasteiger partial charge in [-0.2, -0.15) is 0 Å². The van der Waals surface area contributed by atoms with E-state index in [2.05, 4.69) is 23.2 Å². The predicted octanol–water partition coefficient (Wildman–Crippen LogP) is 3.93. The van der Waals surface area contributed by atoms with Crippen LogP contribution in [-0.2, 0) is 46.2 Å². The number of carbonyl (C=O) groups excluding carboxylic acids is 1. The van der Waals surface area contributed by atoms with Gasteiger partial charge in [0.15, 0.2) is 6.61 Å². The number of carbonyl (C=O) groups is 1. The Bertz CT molecular complexity index is 942. The molecule has 4 rings (SSSR count). The summed E-state index contributed by atoms with van der Waals surface area (Å²) in [6, 6.07) is 5.11. The molecule has 0 saturated heterocycles. The van der Waals surface area contributed by atoms with E-state index < -0.39 is 11.6 Å². The zero-order valence-corrected chi connectivity index (χ0v) is 23.1. The van der Waals surface area contributed by atoms with E-state index in [9.17, 15) is 9.90 Å². The average molecular weight is 561 g/mol. The number of aromatic nitrogens is 3. The summed E-state index contributed by atoms with van der Waals surface area (Å²) in [7, 11) is 0. The monoisotopic (exact) mass is 561 g/mol. The van der Waals surface area contributed by atoms with Crippen molar-refractivity contribution in [3.05, 3.63) is 99.4 Å². The number of aliphatic hydroxyl groups is 1. The van der Waals surface area contributed by atoms with E-state index in [4.69, 9.17) is 14.2 Å². The van der Waals surface area contributed by atoms with E-state index in [1.165, 1.54) is 5.92 Å². The number of rotatable bonds is 11. The Kier molecular flexibility index (Phi) is 14.2. The molecule has 1 aromatic carbocycles. The fourth-order valence-electron chi connectivity index (χ4n) is 3.40. The number of benzene rings is 1. The van der Waals surface area contributed by atoms with Crippen molar-refractivity contribution >= 4 is 5.97 Å². The Morgan fingerprint density at radius 2 is 1.58 bits per heavy atom. The standard InChI is InChI=1S/C24H30N3O5.C5H5.Fe/c1-24(2,3)32-23(29)17-31-22-12-19(16-28)11-21(13-22)30-10-6-9-20-15-27(26-25-20)14-18-7-4-5-8-18;1-2-4-5-3-1;/h4-5,7-8,11-13,15,28H,6,9-10,14,16-17H2,1-3H3;1-5H;/q;;+2. The van der Waals surface area contributed by atoms with Crippen molar-refractivity contribution in [2.24, 2.45) is 0 Å². The number of aliphatic hydroxyl groups excluding tert-OH is 1. The van der Waals surface area contributed by atoms with Crippen LogP contribution in [0, 0.1) is 63.7 Å². The average Bonchev–Trinajstić information content (AvgIpc) is 3.65. The molecule has 1 heterocycles. The van der Waals surface area contributed by atoms with Gasteiger partial charge in [-0.3, -0.25) is 4.68 Å². The van der Waals surface area contributed by atoms with Crippen molar-refractivity contribution in [2.75, 3.05) is 13.2 Å². The molecule has 9 heteroatoms. The van der Waals surface area contributed by atoms with Gasteiger partial charge in [-0.15, -0.1) is 5.10 Å². The van der Waals surface area contributed by atoms with Crippen LogP contribution in [-0.4, -0.2) is 44.9 Å². The SMILES string of the molecule is CC(C)(C)OC(=O)COc1cc(CO)cc(OCCCc2cn(C[C]3[CH][CH][CH][CH]3)nn2)c1.[CH]1[CH][CH][CH][CH]1.[Fe+2]. The molecule has 0 spiro atoms. The first-order chi connectivity index (χ1) is 17.8. The largest absolute Gasteiger partial charge is 2.00 e. The van der Waals surface area contributed by atoms with Gasteiger partial charge in [-0.05, 0) is 109 Å². The molecule has 0 amide bonds. The predicted molar refractivity (Wildman–Crippen MR) is 139 cm³/mol. The van der Waals surface area contributed by atoms with Gasteiger partial charge in [-0.25, -0.2) is 4.79 Å². The molecule has 2 aliphatic rings. The summed E-state index contributed by atoms with van der Waals surface area (Å²) in [5.41, 5.74) is 0.971. The summed E-state index contributed by atoms with van der Waals surface area (Å²) in [6.07, 6.45) is 21.6. The molecular formula is C29H35FeN3O5+2. The number of nitrogens with zero attached hydrogens (tertiary/aromatic N) is 3. The number of esters is 1. The van der Waals surface area contributed by atoms with Gasteiger partial charge >= 0.3 is 23.0 Å². The van der Waals surface area contributed by atoms with E-state index in [0.717, 1.165) is 18.5 Å². The fourth-order valence-corrected chi connectivity index (χ4v) is 3.40.